The van der Waals surface area contributed by atoms with E-state index in [1.54, 1.807) is 26.5 Å². The third-order valence-electron chi connectivity index (χ3n) is 4.48. The predicted octanol–water partition coefficient (Wildman–Crippen LogP) is 4.13. The Morgan fingerprint density at radius 2 is 1.75 bits per heavy atom. The lowest BCUT2D eigenvalue weighted by molar-refractivity contribution is 0.0953. The number of nitrogens with one attached hydrogen (secondary N) is 1. The lowest BCUT2D eigenvalue weighted by Gasteiger charge is -2.07. The number of pyridine rings is 1. The average molecular weight is 376 g/mol. The summed E-state index contributed by atoms with van der Waals surface area (Å²) in [4.78, 5) is 16.7. The first-order chi connectivity index (χ1) is 13.7. The molecule has 0 aliphatic heterocycles. The second kappa shape index (κ2) is 9.55. The Balaban J connectivity index is 1.50. The number of aromatic nitrogens is 1. The normalized spacial score (nSPS) is 10.4. The zero-order valence-electron chi connectivity index (χ0n) is 16.1. The van der Waals surface area contributed by atoms with E-state index in [4.69, 9.17) is 9.47 Å². The molecule has 0 fully saturated rings. The van der Waals surface area contributed by atoms with Crippen LogP contribution < -0.4 is 14.8 Å². The van der Waals surface area contributed by atoms with Crippen molar-refractivity contribution in [2.24, 2.45) is 0 Å². The van der Waals surface area contributed by atoms with E-state index in [1.807, 2.05) is 54.6 Å². The maximum Gasteiger partial charge on any atom is 0.252 e. The third kappa shape index (κ3) is 5.10. The lowest BCUT2D eigenvalue weighted by atomic mass is 10.1. The van der Waals surface area contributed by atoms with Gasteiger partial charge in [0.15, 0.2) is 0 Å². The Morgan fingerprint density at radius 1 is 0.964 bits per heavy atom. The Kier molecular flexibility index (Phi) is 6.63. The predicted molar refractivity (Wildman–Crippen MR) is 110 cm³/mol. The van der Waals surface area contributed by atoms with Crippen molar-refractivity contribution in [2.45, 2.75) is 12.8 Å². The van der Waals surface area contributed by atoms with Crippen LogP contribution in [0.3, 0.4) is 0 Å². The molecule has 0 atom stereocenters. The van der Waals surface area contributed by atoms with Gasteiger partial charge in [0, 0.05) is 18.3 Å². The van der Waals surface area contributed by atoms with Crippen LogP contribution in [0.2, 0.25) is 0 Å². The maximum atomic E-state index is 12.3. The second-order valence-electron chi connectivity index (χ2n) is 6.37. The largest absolute Gasteiger partial charge is 0.497 e. The number of hydrogen-bond acceptors (Lipinski definition) is 4. The summed E-state index contributed by atoms with van der Waals surface area (Å²) in [6, 6.07) is 19.3. The van der Waals surface area contributed by atoms with Crippen molar-refractivity contribution in [1.29, 1.82) is 0 Å². The molecule has 1 amide bonds. The fraction of sp³-hybridized carbons (Fsp3) is 0.217. The highest BCUT2D eigenvalue weighted by Gasteiger charge is 2.07. The summed E-state index contributed by atoms with van der Waals surface area (Å²) in [6.07, 6.45) is 3.37. The van der Waals surface area contributed by atoms with Gasteiger partial charge in [-0.25, -0.2) is 0 Å². The minimum atomic E-state index is -0.112. The highest BCUT2D eigenvalue weighted by Crippen LogP contribution is 2.22. The molecule has 1 aromatic heterocycles. The summed E-state index contributed by atoms with van der Waals surface area (Å²) < 4.78 is 10.4. The Bertz CT molecular complexity index is 906. The molecular formula is C23H24N2O3. The first-order valence-corrected chi connectivity index (χ1v) is 9.21. The van der Waals surface area contributed by atoms with E-state index < -0.39 is 0 Å². The van der Waals surface area contributed by atoms with Gasteiger partial charge in [0.05, 0.1) is 25.5 Å². The first kappa shape index (κ1) is 19.4. The van der Waals surface area contributed by atoms with Crippen LogP contribution in [0, 0.1) is 0 Å². The number of benzene rings is 2. The first-order valence-electron chi connectivity index (χ1n) is 9.21. The van der Waals surface area contributed by atoms with Gasteiger partial charge >= 0.3 is 0 Å². The molecule has 5 nitrogen and oxygen atoms in total. The van der Waals surface area contributed by atoms with E-state index in [1.165, 1.54) is 5.56 Å². The van der Waals surface area contributed by atoms with Gasteiger partial charge in [-0.3, -0.25) is 9.78 Å². The highest BCUT2D eigenvalue weighted by molar-refractivity contribution is 5.94. The number of methoxy groups -OCH3 is 2. The SMILES string of the molecule is COc1ccc(CCCNC(=O)c2ccc(-c3cccc(OC)c3)nc2)cc1. The molecule has 28 heavy (non-hydrogen) atoms. The fourth-order valence-corrected chi connectivity index (χ4v) is 2.87. The number of nitrogens with zero attached hydrogens (tertiary/aromatic N) is 1. The third-order valence-corrected chi connectivity index (χ3v) is 4.48. The Hall–Kier alpha value is -3.34. The van der Waals surface area contributed by atoms with E-state index >= 15 is 0 Å². The Labute approximate surface area is 165 Å². The minimum absolute atomic E-state index is 0.112. The van der Waals surface area contributed by atoms with Crippen LogP contribution in [-0.4, -0.2) is 31.7 Å². The molecule has 144 valence electrons. The zero-order valence-corrected chi connectivity index (χ0v) is 16.1. The number of carbonyl (C=O) groups excluding carboxylic acids is 1. The van der Waals surface area contributed by atoms with Crippen molar-refractivity contribution < 1.29 is 14.3 Å². The summed E-state index contributed by atoms with van der Waals surface area (Å²) in [7, 11) is 3.29. The number of aryl methyl sites for hydroxylation is 1. The molecule has 3 rings (SSSR count). The quantitative estimate of drug-likeness (QED) is 0.601. The van der Waals surface area contributed by atoms with Gasteiger partial charge in [-0.05, 0) is 54.8 Å². The summed E-state index contributed by atoms with van der Waals surface area (Å²) in [5.74, 6) is 1.51. The topological polar surface area (TPSA) is 60.5 Å². The monoisotopic (exact) mass is 376 g/mol. The van der Waals surface area contributed by atoms with Gasteiger partial charge in [-0.2, -0.15) is 0 Å². The van der Waals surface area contributed by atoms with E-state index in [2.05, 4.69) is 10.3 Å². The smallest absolute Gasteiger partial charge is 0.252 e. The molecule has 0 aliphatic rings. The van der Waals surface area contributed by atoms with E-state index in [-0.39, 0.29) is 5.91 Å². The minimum Gasteiger partial charge on any atom is -0.497 e. The van der Waals surface area contributed by atoms with Crippen molar-refractivity contribution >= 4 is 5.91 Å². The molecule has 5 heteroatoms. The number of carbonyl (C=O) groups is 1. The van der Waals surface area contributed by atoms with Gasteiger partial charge in [0.2, 0.25) is 0 Å². The molecule has 0 saturated heterocycles. The molecular weight excluding hydrogens is 352 g/mol. The molecule has 0 spiro atoms. The summed E-state index contributed by atoms with van der Waals surface area (Å²) in [5, 5.41) is 2.95. The number of ether oxygens (including phenoxy) is 2. The highest BCUT2D eigenvalue weighted by atomic mass is 16.5. The molecule has 2 aromatic carbocycles. The van der Waals surface area contributed by atoms with Gasteiger partial charge in [-0.1, -0.05) is 24.3 Å². The van der Waals surface area contributed by atoms with Crippen molar-refractivity contribution in [3.63, 3.8) is 0 Å². The van der Waals surface area contributed by atoms with E-state index in [0.717, 1.165) is 35.6 Å². The van der Waals surface area contributed by atoms with Crippen LogP contribution in [0.1, 0.15) is 22.3 Å². The van der Waals surface area contributed by atoms with Crippen LogP contribution in [0.5, 0.6) is 11.5 Å². The van der Waals surface area contributed by atoms with Crippen LogP contribution in [0.25, 0.3) is 11.3 Å². The molecule has 1 N–H and O–H groups in total. The Morgan fingerprint density at radius 3 is 2.43 bits per heavy atom. The van der Waals surface area contributed by atoms with Gasteiger partial charge in [0.1, 0.15) is 11.5 Å². The number of hydrogen-bond donors (Lipinski definition) is 1. The fourth-order valence-electron chi connectivity index (χ4n) is 2.87. The molecule has 0 saturated carbocycles. The van der Waals surface area contributed by atoms with Gasteiger partial charge in [-0.15, -0.1) is 0 Å². The molecule has 0 aliphatic carbocycles. The maximum absolute atomic E-state index is 12.3. The van der Waals surface area contributed by atoms with Crippen LogP contribution in [0.15, 0.2) is 66.9 Å². The summed E-state index contributed by atoms with van der Waals surface area (Å²) in [6.45, 7) is 0.614. The van der Waals surface area contributed by atoms with E-state index in [9.17, 15) is 4.79 Å². The van der Waals surface area contributed by atoms with Crippen molar-refractivity contribution in [3.05, 3.63) is 78.0 Å². The van der Waals surface area contributed by atoms with Crippen LogP contribution in [0.4, 0.5) is 0 Å². The zero-order chi connectivity index (χ0) is 19.8. The van der Waals surface area contributed by atoms with E-state index in [0.29, 0.717) is 12.1 Å². The second-order valence-corrected chi connectivity index (χ2v) is 6.37. The number of rotatable bonds is 8. The molecule has 0 bridgehead atoms. The lowest BCUT2D eigenvalue weighted by Crippen LogP contribution is -2.24. The van der Waals surface area contributed by atoms with Crippen molar-refractivity contribution in [2.75, 3.05) is 20.8 Å². The molecule has 0 radical (unpaired) electrons. The summed E-state index contributed by atoms with van der Waals surface area (Å²) in [5.41, 5.74) is 3.52. The van der Waals surface area contributed by atoms with Gasteiger partial charge < -0.3 is 14.8 Å². The average Bonchev–Trinajstić information content (AvgIpc) is 2.77. The standard InChI is InChI=1S/C23H24N2O3/c1-27-20-11-8-17(9-12-20)5-4-14-24-23(26)19-10-13-22(25-16-19)18-6-3-7-21(15-18)28-2/h3,6-13,15-16H,4-5,14H2,1-2H3,(H,24,26). The molecule has 1 heterocycles. The van der Waals surface area contributed by atoms with Crippen molar-refractivity contribution in [1.82, 2.24) is 10.3 Å². The molecule has 0 unspecified atom stereocenters. The van der Waals surface area contributed by atoms with Crippen molar-refractivity contribution in [3.8, 4) is 22.8 Å². The van der Waals surface area contributed by atoms with Crippen LogP contribution in [-0.2, 0) is 6.42 Å². The van der Waals surface area contributed by atoms with Gasteiger partial charge in [0.25, 0.3) is 5.91 Å². The van der Waals surface area contributed by atoms with Crippen LogP contribution >= 0.6 is 0 Å². The molecule has 3 aromatic rings. The summed E-state index contributed by atoms with van der Waals surface area (Å²) >= 11 is 0. The number of amides is 1.